The summed E-state index contributed by atoms with van der Waals surface area (Å²) in [5.74, 6) is -0.253. The highest BCUT2D eigenvalue weighted by Crippen LogP contribution is 2.26. The minimum atomic E-state index is -0.385. The van der Waals surface area contributed by atoms with Crippen LogP contribution in [0.15, 0.2) is 41.0 Å². The number of hydrogen-bond donors (Lipinski definition) is 2. The fourth-order valence-corrected chi connectivity index (χ4v) is 1.96. The summed E-state index contributed by atoms with van der Waals surface area (Å²) in [5.41, 5.74) is 1.04. The van der Waals surface area contributed by atoms with Gasteiger partial charge in [0.2, 0.25) is 5.91 Å². The molecule has 2 amide bonds. The monoisotopic (exact) mass is 306 g/mol. The van der Waals surface area contributed by atoms with Gasteiger partial charge in [-0.25, -0.2) is 0 Å². The van der Waals surface area contributed by atoms with Crippen molar-refractivity contribution in [3.63, 3.8) is 0 Å². The number of anilines is 2. The van der Waals surface area contributed by atoms with Crippen LogP contribution in [0.2, 0.25) is 5.02 Å². The molecule has 6 heteroatoms. The van der Waals surface area contributed by atoms with E-state index in [1.807, 2.05) is 6.92 Å². The Bertz CT molecular complexity index is 638. The van der Waals surface area contributed by atoms with E-state index < -0.39 is 0 Å². The van der Waals surface area contributed by atoms with Crippen molar-refractivity contribution in [2.45, 2.75) is 19.8 Å². The highest BCUT2D eigenvalue weighted by atomic mass is 35.5. The zero-order chi connectivity index (χ0) is 15.2. The van der Waals surface area contributed by atoms with Gasteiger partial charge in [-0.05, 0) is 36.8 Å². The van der Waals surface area contributed by atoms with Crippen LogP contribution in [-0.2, 0) is 4.79 Å². The molecule has 0 saturated carbocycles. The lowest BCUT2D eigenvalue weighted by Crippen LogP contribution is -2.12. The molecule has 0 atom stereocenters. The van der Waals surface area contributed by atoms with Gasteiger partial charge < -0.3 is 15.1 Å². The zero-order valence-electron chi connectivity index (χ0n) is 11.5. The van der Waals surface area contributed by atoms with E-state index in [2.05, 4.69) is 10.6 Å². The Labute approximate surface area is 127 Å². The minimum absolute atomic E-state index is 0.0686. The number of hydrogen-bond acceptors (Lipinski definition) is 3. The number of rotatable bonds is 5. The Morgan fingerprint density at radius 2 is 2.05 bits per heavy atom. The molecule has 1 aromatic carbocycles. The third kappa shape index (κ3) is 4.10. The van der Waals surface area contributed by atoms with Crippen LogP contribution >= 0.6 is 11.6 Å². The maximum absolute atomic E-state index is 11.8. The topological polar surface area (TPSA) is 71.3 Å². The van der Waals surface area contributed by atoms with E-state index in [0.29, 0.717) is 22.8 Å². The van der Waals surface area contributed by atoms with Gasteiger partial charge in [0.15, 0.2) is 5.76 Å². The first-order valence-electron chi connectivity index (χ1n) is 6.54. The average molecular weight is 307 g/mol. The van der Waals surface area contributed by atoms with Crippen molar-refractivity contribution in [1.82, 2.24) is 0 Å². The fourth-order valence-electron chi connectivity index (χ4n) is 1.74. The number of benzene rings is 1. The second-order valence-electron chi connectivity index (χ2n) is 4.42. The fraction of sp³-hybridized carbons (Fsp3) is 0.200. The minimum Gasteiger partial charge on any atom is -0.459 e. The summed E-state index contributed by atoms with van der Waals surface area (Å²) >= 11 is 6.10. The van der Waals surface area contributed by atoms with Crippen molar-refractivity contribution >= 4 is 34.8 Å². The first-order chi connectivity index (χ1) is 10.1. The number of halogens is 1. The van der Waals surface area contributed by atoms with Crippen LogP contribution < -0.4 is 10.6 Å². The van der Waals surface area contributed by atoms with Gasteiger partial charge in [-0.15, -0.1) is 0 Å². The molecular formula is C15H15ClN2O3. The molecule has 0 fully saturated rings. The third-order valence-corrected chi connectivity index (χ3v) is 3.04. The number of amides is 2. The van der Waals surface area contributed by atoms with Gasteiger partial charge in [-0.3, -0.25) is 9.59 Å². The Kier molecular flexibility index (Phi) is 5.00. The van der Waals surface area contributed by atoms with Crippen LogP contribution in [0, 0.1) is 0 Å². The van der Waals surface area contributed by atoms with Crippen LogP contribution in [-0.4, -0.2) is 11.8 Å². The molecule has 0 spiro atoms. The lowest BCUT2D eigenvalue weighted by atomic mass is 10.2. The molecule has 110 valence electrons. The van der Waals surface area contributed by atoms with Crippen molar-refractivity contribution in [3.8, 4) is 0 Å². The molecule has 21 heavy (non-hydrogen) atoms. The van der Waals surface area contributed by atoms with Crippen LogP contribution in [0.25, 0.3) is 0 Å². The number of carbonyl (C=O) groups excluding carboxylic acids is 2. The first-order valence-corrected chi connectivity index (χ1v) is 6.92. The molecule has 2 rings (SSSR count). The zero-order valence-corrected chi connectivity index (χ0v) is 12.2. The first kappa shape index (κ1) is 15.1. The summed E-state index contributed by atoms with van der Waals surface area (Å²) in [6, 6.07) is 8.08. The van der Waals surface area contributed by atoms with E-state index in [4.69, 9.17) is 16.0 Å². The average Bonchev–Trinajstić information content (AvgIpc) is 2.96. The molecule has 0 aliphatic carbocycles. The standard InChI is InChI=1S/C15H15ClN2O3/c1-2-4-14(19)17-10-6-7-12(11(16)9-10)18-15(20)13-5-3-8-21-13/h3,5-9H,2,4H2,1H3,(H,17,19)(H,18,20). The summed E-state index contributed by atoms with van der Waals surface area (Å²) in [6.07, 6.45) is 2.65. The van der Waals surface area contributed by atoms with Gasteiger partial charge in [0.1, 0.15) is 0 Å². The van der Waals surface area contributed by atoms with Crippen LogP contribution in [0.4, 0.5) is 11.4 Å². The molecule has 0 saturated heterocycles. The lowest BCUT2D eigenvalue weighted by molar-refractivity contribution is -0.116. The summed E-state index contributed by atoms with van der Waals surface area (Å²) in [6.45, 7) is 1.93. The molecule has 2 N–H and O–H groups in total. The summed E-state index contributed by atoms with van der Waals surface area (Å²) in [7, 11) is 0. The Hall–Kier alpha value is -2.27. The van der Waals surface area contributed by atoms with E-state index in [0.717, 1.165) is 6.42 Å². The van der Waals surface area contributed by atoms with E-state index in [1.54, 1.807) is 30.3 Å². The number of carbonyl (C=O) groups is 2. The molecule has 2 aromatic rings. The smallest absolute Gasteiger partial charge is 0.291 e. The lowest BCUT2D eigenvalue weighted by Gasteiger charge is -2.09. The van der Waals surface area contributed by atoms with Gasteiger partial charge in [0.25, 0.3) is 5.91 Å². The van der Waals surface area contributed by atoms with Gasteiger partial charge >= 0.3 is 0 Å². The predicted octanol–water partition coefficient (Wildman–Crippen LogP) is 3.92. The van der Waals surface area contributed by atoms with E-state index in [-0.39, 0.29) is 17.6 Å². The molecule has 0 bridgehead atoms. The van der Waals surface area contributed by atoms with Crippen molar-refractivity contribution in [2.24, 2.45) is 0 Å². The van der Waals surface area contributed by atoms with Gasteiger partial charge in [-0.2, -0.15) is 0 Å². The largest absolute Gasteiger partial charge is 0.459 e. The second-order valence-corrected chi connectivity index (χ2v) is 4.83. The van der Waals surface area contributed by atoms with E-state index in [1.165, 1.54) is 6.26 Å². The molecular weight excluding hydrogens is 292 g/mol. The van der Waals surface area contributed by atoms with E-state index >= 15 is 0 Å². The second kappa shape index (κ2) is 6.95. The normalized spacial score (nSPS) is 10.2. The van der Waals surface area contributed by atoms with Gasteiger partial charge in [0, 0.05) is 12.1 Å². The Morgan fingerprint density at radius 1 is 1.24 bits per heavy atom. The van der Waals surface area contributed by atoms with Gasteiger partial charge in [-0.1, -0.05) is 18.5 Å². The Morgan fingerprint density at radius 3 is 2.67 bits per heavy atom. The highest BCUT2D eigenvalue weighted by Gasteiger charge is 2.11. The van der Waals surface area contributed by atoms with Gasteiger partial charge in [0.05, 0.1) is 17.0 Å². The van der Waals surface area contributed by atoms with Crippen LogP contribution in [0.5, 0.6) is 0 Å². The maximum Gasteiger partial charge on any atom is 0.291 e. The van der Waals surface area contributed by atoms with Crippen molar-refractivity contribution < 1.29 is 14.0 Å². The number of furan rings is 1. The van der Waals surface area contributed by atoms with Crippen molar-refractivity contribution in [3.05, 3.63) is 47.4 Å². The molecule has 1 aromatic heterocycles. The third-order valence-electron chi connectivity index (χ3n) is 2.72. The molecule has 5 nitrogen and oxygen atoms in total. The van der Waals surface area contributed by atoms with E-state index in [9.17, 15) is 9.59 Å². The summed E-state index contributed by atoms with van der Waals surface area (Å²) in [4.78, 5) is 23.3. The molecule has 1 heterocycles. The predicted molar refractivity (Wildman–Crippen MR) is 81.7 cm³/mol. The highest BCUT2D eigenvalue weighted by molar-refractivity contribution is 6.34. The SMILES string of the molecule is CCCC(=O)Nc1ccc(NC(=O)c2ccco2)c(Cl)c1. The molecule has 0 radical (unpaired) electrons. The summed E-state index contributed by atoms with van der Waals surface area (Å²) in [5, 5.41) is 5.72. The molecule has 0 aliphatic rings. The van der Waals surface area contributed by atoms with Crippen molar-refractivity contribution in [2.75, 3.05) is 10.6 Å². The maximum atomic E-state index is 11.8. The summed E-state index contributed by atoms with van der Waals surface area (Å²) < 4.78 is 5.00. The number of nitrogens with one attached hydrogen (secondary N) is 2. The Balaban J connectivity index is 2.05. The van der Waals surface area contributed by atoms with Crippen molar-refractivity contribution in [1.29, 1.82) is 0 Å². The quantitative estimate of drug-likeness (QED) is 0.879. The van der Waals surface area contributed by atoms with Crippen LogP contribution in [0.3, 0.4) is 0 Å². The van der Waals surface area contributed by atoms with Crippen LogP contribution in [0.1, 0.15) is 30.3 Å². The molecule has 0 unspecified atom stereocenters. The molecule has 0 aliphatic heterocycles.